The molecule has 0 unspecified atom stereocenters. The van der Waals surface area contributed by atoms with Crippen LogP contribution in [-0.2, 0) is 19.0 Å². The lowest BCUT2D eigenvalue weighted by molar-refractivity contribution is -0.277. The average molecular weight is 345 g/mol. The van der Waals surface area contributed by atoms with Crippen LogP contribution in [0.3, 0.4) is 0 Å². The number of aliphatic hydroxyl groups is 2. The van der Waals surface area contributed by atoms with Crippen LogP contribution in [0.25, 0.3) is 0 Å². The molecule has 0 bridgehead atoms. The quantitative estimate of drug-likeness (QED) is 0.421. The van der Waals surface area contributed by atoms with Crippen molar-refractivity contribution in [2.24, 2.45) is 0 Å². The van der Waals surface area contributed by atoms with Gasteiger partial charge in [0, 0.05) is 7.11 Å². The van der Waals surface area contributed by atoms with E-state index in [2.05, 4.69) is 11.9 Å². The van der Waals surface area contributed by atoms with Gasteiger partial charge in [-0.1, -0.05) is 6.08 Å². The molecule has 0 saturated carbocycles. The first kappa shape index (κ1) is 21.1. The van der Waals surface area contributed by atoms with Gasteiger partial charge in [-0.05, 0) is 33.6 Å². The molecule has 0 spiro atoms. The summed E-state index contributed by atoms with van der Waals surface area (Å²) >= 11 is 0. The summed E-state index contributed by atoms with van der Waals surface area (Å²) in [6.45, 7) is 8.97. The van der Waals surface area contributed by atoms with Crippen LogP contribution < -0.4 is 5.32 Å². The number of rotatable bonds is 9. The molecule has 1 heterocycles. The average Bonchev–Trinajstić information content (AvgIpc) is 2.46. The molecule has 1 aliphatic heterocycles. The third-order valence-electron chi connectivity index (χ3n) is 3.85. The maximum atomic E-state index is 12.0. The van der Waals surface area contributed by atoms with Gasteiger partial charge in [0.2, 0.25) is 5.91 Å². The molecule has 1 amide bonds. The summed E-state index contributed by atoms with van der Waals surface area (Å²) < 4.78 is 16.7. The van der Waals surface area contributed by atoms with Gasteiger partial charge >= 0.3 is 0 Å². The summed E-state index contributed by atoms with van der Waals surface area (Å²) in [5.41, 5.74) is -1.12. The van der Waals surface area contributed by atoms with Gasteiger partial charge in [0.05, 0.1) is 30.8 Å². The molecule has 0 aromatic carbocycles. The van der Waals surface area contributed by atoms with Gasteiger partial charge in [-0.3, -0.25) is 4.79 Å². The second-order valence-electron chi connectivity index (χ2n) is 6.78. The number of carbonyl (C=O) groups is 1. The number of ether oxygens (including phenoxy) is 3. The van der Waals surface area contributed by atoms with E-state index in [9.17, 15) is 15.0 Å². The minimum absolute atomic E-state index is 0.0674. The highest BCUT2D eigenvalue weighted by Gasteiger charge is 2.45. The van der Waals surface area contributed by atoms with Crippen LogP contribution in [0.2, 0.25) is 0 Å². The van der Waals surface area contributed by atoms with Crippen molar-refractivity contribution in [3.63, 3.8) is 0 Å². The van der Waals surface area contributed by atoms with Crippen LogP contribution >= 0.6 is 0 Å². The third-order valence-corrected chi connectivity index (χ3v) is 3.85. The standard InChI is InChI=1S/C17H31NO6/c1-6-7-8-9-23-16-15(22-5)14(20)13(11(2)24-16)18-12(19)10-17(3,4)21/h6,11,13-16,20-21H,1,7-10H2,2-5H3,(H,18,19)/t11-,13-,14+,15-,16-/m1/s1. The minimum atomic E-state index is -1.12. The molecule has 24 heavy (non-hydrogen) atoms. The summed E-state index contributed by atoms with van der Waals surface area (Å²) in [6.07, 6.45) is 0.529. The number of carbonyl (C=O) groups excluding carboxylic acids is 1. The molecule has 7 heteroatoms. The van der Waals surface area contributed by atoms with Gasteiger partial charge in [0.15, 0.2) is 6.29 Å². The maximum Gasteiger partial charge on any atom is 0.223 e. The smallest absolute Gasteiger partial charge is 0.223 e. The van der Waals surface area contributed by atoms with E-state index in [1.807, 2.05) is 6.08 Å². The van der Waals surface area contributed by atoms with Crippen molar-refractivity contribution in [1.82, 2.24) is 5.32 Å². The first-order chi connectivity index (χ1) is 11.2. The molecule has 1 rings (SSSR count). The third kappa shape index (κ3) is 6.49. The Morgan fingerprint density at radius 1 is 1.46 bits per heavy atom. The van der Waals surface area contributed by atoms with Crippen LogP contribution in [0.4, 0.5) is 0 Å². The minimum Gasteiger partial charge on any atom is -0.390 e. The van der Waals surface area contributed by atoms with Crippen molar-refractivity contribution < 1.29 is 29.2 Å². The number of hydrogen-bond donors (Lipinski definition) is 3. The number of unbranched alkanes of at least 4 members (excludes halogenated alkanes) is 1. The molecule has 1 aliphatic rings. The van der Waals surface area contributed by atoms with Crippen molar-refractivity contribution in [2.45, 2.75) is 76.3 Å². The number of allylic oxidation sites excluding steroid dienone is 1. The highest BCUT2D eigenvalue weighted by molar-refractivity contribution is 5.77. The van der Waals surface area contributed by atoms with Gasteiger partial charge in [-0.25, -0.2) is 0 Å². The van der Waals surface area contributed by atoms with Crippen molar-refractivity contribution in [3.05, 3.63) is 12.7 Å². The predicted octanol–water partition coefficient (Wildman–Crippen LogP) is 0.736. The Morgan fingerprint density at radius 2 is 2.12 bits per heavy atom. The SMILES string of the molecule is C=CCCCO[C@@H]1O[C@H](C)[C@@H](NC(=O)CC(C)(C)O)[C@H](O)[C@H]1OC. The number of hydrogen-bond acceptors (Lipinski definition) is 6. The highest BCUT2D eigenvalue weighted by atomic mass is 16.7. The van der Waals surface area contributed by atoms with Gasteiger partial charge in [0.25, 0.3) is 0 Å². The molecule has 0 aliphatic carbocycles. The monoisotopic (exact) mass is 345 g/mol. The van der Waals surface area contributed by atoms with Crippen LogP contribution in [0.5, 0.6) is 0 Å². The molecule has 0 aromatic heterocycles. The Kier molecular flexibility index (Phi) is 8.32. The molecule has 1 fully saturated rings. The molecular weight excluding hydrogens is 314 g/mol. The Labute approximate surface area is 144 Å². The molecule has 140 valence electrons. The fraction of sp³-hybridized carbons (Fsp3) is 0.824. The van der Waals surface area contributed by atoms with E-state index >= 15 is 0 Å². The Balaban J connectivity index is 2.65. The molecule has 5 atom stereocenters. The van der Waals surface area contributed by atoms with Gasteiger partial charge in [-0.15, -0.1) is 6.58 Å². The zero-order chi connectivity index (χ0) is 18.3. The van der Waals surface area contributed by atoms with E-state index in [1.54, 1.807) is 20.8 Å². The van der Waals surface area contributed by atoms with Crippen molar-refractivity contribution >= 4 is 5.91 Å². The predicted molar refractivity (Wildman–Crippen MR) is 89.4 cm³/mol. The van der Waals surface area contributed by atoms with E-state index < -0.39 is 36.2 Å². The van der Waals surface area contributed by atoms with E-state index in [1.165, 1.54) is 7.11 Å². The molecular formula is C17H31NO6. The van der Waals surface area contributed by atoms with Crippen LogP contribution in [0, 0.1) is 0 Å². The first-order valence-corrected chi connectivity index (χ1v) is 8.30. The van der Waals surface area contributed by atoms with Gasteiger partial charge < -0.3 is 29.7 Å². The molecule has 0 radical (unpaired) electrons. The van der Waals surface area contributed by atoms with Gasteiger partial charge in [0.1, 0.15) is 12.2 Å². The summed E-state index contributed by atoms with van der Waals surface area (Å²) in [6, 6.07) is -0.641. The Hall–Kier alpha value is -0.990. The zero-order valence-corrected chi connectivity index (χ0v) is 15.0. The second-order valence-corrected chi connectivity index (χ2v) is 6.78. The normalized spacial score (nSPS) is 30.8. The van der Waals surface area contributed by atoms with E-state index in [0.717, 1.165) is 12.8 Å². The lowest BCUT2D eigenvalue weighted by Gasteiger charge is -2.43. The summed E-state index contributed by atoms with van der Waals surface area (Å²) in [4.78, 5) is 12.0. The molecule has 3 N–H and O–H groups in total. The van der Waals surface area contributed by atoms with Crippen molar-refractivity contribution in [1.29, 1.82) is 0 Å². The number of aliphatic hydroxyl groups excluding tert-OH is 1. The van der Waals surface area contributed by atoms with E-state index in [4.69, 9.17) is 14.2 Å². The van der Waals surface area contributed by atoms with E-state index in [-0.39, 0.29) is 12.3 Å². The number of methoxy groups -OCH3 is 1. The number of amides is 1. The Bertz CT molecular complexity index is 408. The Morgan fingerprint density at radius 3 is 2.67 bits per heavy atom. The first-order valence-electron chi connectivity index (χ1n) is 8.30. The molecule has 1 saturated heterocycles. The van der Waals surface area contributed by atoms with Crippen LogP contribution in [-0.4, -0.2) is 66.1 Å². The maximum absolute atomic E-state index is 12.0. The van der Waals surface area contributed by atoms with Crippen molar-refractivity contribution in [3.8, 4) is 0 Å². The molecule has 7 nitrogen and oxygen atoms in total. The van der Waals surface area contributed by atoms with Crippen LogP contribution in [0.15, 0.2) is 12.7 Å². The van der Waals surface area contributed by atoms with Gasteiger partial charge in [-0.2, -0.15) is 0 Å². The summed E-state index contributed by atoms with van der Waals surface area (Å²) in [5, 5.41) is 23.0. The van der Waals surface area contributed by atoms with Crippen molar-refractivity contribution in [2.75, 3.05) is 13.7 Å². The lowest BCUT2D eigenvalue weighted by Crippen LogP contribution is -2.64. The van der Waals surface area contributed by atoms with Crippen LogP contribution in [0.1, 0.15) is 40.0 Å². The molecule has 0 aromatic rings. The fourth-order valence-electron chi connectivity index (χ4n) is 2.66. The largest absolute Gasteiger partial charge is 0.390 e. The number of nitrogens with one attached hydrogen (secondary N) is 1. The zero-order valence-electron chi connectivity index (χ0n) is 15.0. The fourth-order valence-corrected chi connectivity index (χ4v) is 2.66. The highest BCUT2D eigenvalue weighted by Crippen LogP contribution is 2.24. The second kappa shape index (κ2) is 9.48. The summed E-state index contributed by atoms with van der Waals surface area (Å²) in [7, 11) is 1.46. The lowest BCUT2D eigenvalue weighted by atomic mass is 9.96. The topological polar surface area (TPSA) is 97.3 Å². The van der Waals surface area contributed by atoms with E-state index in [0.29, 0.717) is 6.61 Å². The summed E-state index contributed by atoms with van der Waals surface area (Å²) in [5.74, 6) is -0.359.